The summed E-state index contributed by atoms with van der Waals surface area (Å²) < 4.78 is 70.6. The highest BCUT2D eigenvalue weighted by Crippen LogP contribution is 2.30. The highest BCUT2D eigenvalue weighted by molar-refractivity contribution is 7.88. The van der Waals surface area contributed by atoms with Crippen molar-refractivity contribution in [2.24, 2.45) is 0 Å². The Labute approximate surface area is 140 Å². The average Bonchev–Trinajstić information content (AvgIpc) is 2.45. The van der Waals surface area contributed by atoms with E-state index < -0.39 is 23.7 Å². The quantitative estimate of drug-likeness (QED) is 0.454. The molecule has 24 heavy (non-hydrogen) atoms. The molecule has 0 saturated carbocycles. The number of hydrogen-bond acceptors (Lipinski definition) is 5. The van der Waals surface area contributed by atoms with Crippen LogP contribution in [-0.2, 0) is 14.9 Å². The van der Waals surface area contributed by atoms with Gasteiger partial charge >= 0.3 is 15.6 Å². The Kier molecular flexibility index (Phi) is 5.21. The van der Waals surface area contributed by atoms with Crippen molar-refractivity contribution in [2.75, 3.05) is 31.2 Å². The maximum absolute atomic E-state index is 12.7. The number of benzene rings is 1. The molecule has 0 aromatic heterocycles. The van der Waals surface area contributed by atoms with Gasteiger partial charge < -0.3 is 13.8 Å². The first-order valence-corrected chi connectivity index (χ1v) is 12.3. The van der Waals surface area contributed by atoms with Crippen LogP contribution < -0.4 is 14.3 Å². The molecule has 0 unspecified atom stereocenters. The molecule has 10 heteroatoms. The number of morpholine rings is 1. The van der Waals surface area contributed by atoms with E-state index in [9.17, 15) is 21.6 Å². The molecule has 0 atom stereocenters. The molecule has 1 aliphatic heterocycles. The van der Waals surface area contributed by atoms with E-state index in [2.05, 4.69) is 4.18 Å². The van der Waals surface area contributed by atoms with Crippen LogP contribution in [0, 0.1) is 0 Å². The first-order chi connectivity index (χ1) is 10.9. The van der Waals surface area contributed by atoms with Gasteiger partial charge in [0.2, 0.25) is 0 Å². The summed E-state index contributed by atoms with van der Waals surface area (Å²) in [6, 6.07) is 4.57. The van der Waals surface area contributed by atoms with Gasteiger partial charge in [0.05, 0.1) is 21.3 Å². The first-order valence-electron chi connectivity index (χ1n) is 7.40. The van der Waals surface area contributed by atoms with E-state index in [0.717, 1.165) is 0 Å². The van der Waals surface area contributed by atoms with Gasteiger partial charge in [-0.05, 0) is 12.1 Å². The summed E-state index contributed by atoms with van der Waals surface area (Å²) in [6.45, 7) is 7.99. The molecule has 1 saturated heterocycles. The van der Waals surface area contributed by atoms with Gasteiger partial charge in [0.1, 0.15) is 5.75 Å². The van der Waals surface area contributed by atoms with E-state index in [0.29, 0.717) is 37.2 Å². The van der Waals surface area contributed by atoms with Gasteiger partial charge in [0, 0.05) is 24.0 Å². The van der Waals surface area contributed by atoms with Gasteiger partial charge in [-0.15, -0.1) is 0 Å². The van der Waals surface area contributed by atoms with Gasteiger partial charge in [-0.25, -0.2) is 0 Å². The number of ether oxygens (including phenoxy) is 1. The molecule has 1 fully saturated rings. The molecule has 0 amide bonds. The van der Waals surface area contributed by atoms with E-state index >= 15 is 0 Å². The zero-order valence-electron chi connectivity index (χ0n) is 13.7. The Morgan fingerprint density at radius 2 is 1.75 bits per heavy atom. The zero-order valence-corrected chi connectivity index (χ0v) is 15.5. The standard InChI is InChI=1S/C14H20F3NO4SSi/c1-24(2,3)13-11(18-7-9-21-10-8-18)5-4-6-12(13)22-23(19,20)14(15,16)17/h4-6H,7-10H2,1-3H3. The summed E-state index contributed by atoms with van der Waals surface area (Å²) in [5.41, 5.74) is -4.74. The van der Waals surface area contributed by atoms with Crippen LogP contribution in [0.1, 0.15) is 0 Å². The van der Waals surface area contributed by atoms with Gasteiger partial charge in [-0.1, -0.05) is 25.7 Å². The molecule has 1 aromatic rings. The van der Waals surface area contributed by atoms with Gasteiger partial charge in [-0.2, -0.15) is 21.6 Å². The number of halogens is 3. The maximum Gasteiger partial charge on any atom is 0.534 e. The first kappa shape index (κ1) is 19.1. The van der Waals surface area contributed by atoms with Crippen LogP contribution in [0.2, 0.25) is 19.6 Å². The lowest BCUT2D eigenvalue weighted by Gasteiger charge is -2.34. The van der Waals surface area contributed by atoms with Crippen molar-refractivity contribution in [3.05, 3.63) is 18.2 Å². The van der Waals surface area contributed by atoms with Gasteiger partial charge in [0.15, 0.2) is 0 Å². The van der Waals surface area contributed by atoms with Crippen LogP contribution in [0.25, 0.3) is 0 Å². The molecule has 1 aromatic carbocycles. The molecule has 0 radical (unpaired) electrons. The summed E-state index contributed by atoms with van der Waals surface area (Å²) in [5, 5.41) is 0.555. The number of alkyl halides is 3. The third-order valence-corrected chi connectivity index (χ3v) is 6.56. The minimum absolute atomic E-state index is 0.240. The van der Waals surface area contributed by atoms with Crippen LogP contribution in [0.5, 0.6) is 5.75 Å². The topological polar surface area (TPSA) is 55.8 Å². The molecule has 0 bridgehead atoms. The second-order valence-corrected chi connectivity index (χ2v) is 13.0. The second kappa shape index (κ2) is 6.56. The SMILES string of the molecule is C[Si](C)(C)c1c(OS(=O)(=O)C(F)(F)F)cccc1N1CCOCC1. The molecule has 0 aliphatic carbocycles. The van der Waals surface area contributed by atoms with Crippen LogP contribution in [0.3, 0.4) is 0 Å². The maximum atomic E-state index is 12.7. The monoisotopic (exact) mass is 383 g/mol. The fourth-order valence-corrected chi connectivity index (χ4v) is 5.00. The smallest absolute Gasteiger partial charge is 0.378 e. The number of hydrogen-bond donors (Lipinski definition) is 0. The van der Waals surface area contributed by atoms with E-state index in [1.165, 1.54) is 12.1 Å². The summed E-state index contributed by atoms with van der Waals surface area (Å²) >= 11 is 0. The fourth-order valence-electron chi connectivity index (χ4n) is 2.58. The third-order valence-electron chi connectivity index (χ3n) is 3.59. The average molecular weight is 383 g/mol. The van der Waals surface area contributed by atoms with Crippen molar-refractivity contribution >= 4 is 29.1 Å². The summed E-state index contributed by atoms with van der Waals surface area (Å²) in [6.07, 6.45) is 0. The van der Waals surface area contributed by atoms with Crippen molar-refractivity contribution in [3.8, 4) is 5.75 Å². The minimum Gasteiger partial charge on any atom is -0.378 e. The van der Waals surface area contributed by atoms with Crippen LogP contribution in [0.15, 0.2) is 18.2 Å². The minimum atomic E-state index is -5.70. The number of anilines is 1. The molecule has 1 aliphatic rings. The largest absolute Gasteiger partial charge is 0.534 e. The summed E-state index contributed by atoms with van der Waals surface area (Å²) in [7, 11) is -7.91. The van der Waals surface area contributed by atoms with E-state index in [-0.39, 0.29) is 5.75 Å². The van der Waals surface area contributed by atoms with Crippen LogP contribution in [0.4, 0.5) is 18.9 Å². The third kappa shape index (κ3) is 4.04. The zero-order chi connectivity index (χ0) is 18.2. The Bertz CT molecular complexity index is 695. The van der Waals surface area contributed by atoms with Crippen molar-refractivity contribution in [1.82, 2.24) is 0 Å². The van der Waals surface area contributed by atoms with Crippen molar-refractivity contribution < 1.29 is 30.5 Å². The highest BCUT2D eigenvalue weighted by Gasteiger charge is 2.49. The van der Waals surface area contributed by atoms with Crippen LogP contribution >= 0.6 is 0 Å². The Balaban J connectivity index is 2.52. The molecule has 1 heterocycles. The van der Waals surface area contributed by atoms with Crippen molar-refractivity contribution in [1.29, 1.82) is 0 Å². The molecule has 0 N–H and O–H groups in total. The lowest BCUT2D eigenvalue weighted by Crippen LogP contribution is -2.46. The lowest BCUT2D eigenvalue weighted by molar-refractivity contribution is -0.0499. The molecule has 2 rings (SSSR count). The molecular weight excluding hydrogens is 363 g/mol. The summed E-state index contributed by atoms with van der Waals surface area (Å²) in [5.74, 6) is -0.240. The molecular formula is C14H20F3NO4SSi. The lowest BCUT2D eigenvalue weighted by atomic mass is 10.2. The second-order valence-electron chi connectivity index (χ2n) is 6.48. The Morgan fingerprint density at radius 1 is 1.17 bits per heavy atom. The normalized spacial score (nSPS) is 17.0. The summed E-state index contributed by atoms with van der Waals surface area (Å²) in [4.78, 5) is 1.99. The Hall–Kier alpha value is -1.26. The molecule has 5 nitrogen and oxygen atoms in total. The van der Waals surface area contributed by atoms with E-state index in [4.69, 9.17) is 4.74 Å². The van der Waals surface area contributed by atoms with Gasteiger partial charge in [-0.3, -0.25) is 0 Å². The predicted octanol–water partition coefficient (Wildman–Crippen LogP) is 2.30. The fraction of sp³-hybridized carbons (Fsp3) is 0.571. The van der Waals surface area contributed by atoms with Crippen LogP contribution in [-0.4, -0.2) is 48.3 Å². The molecule has 0 spiro atoms. The van der Waals surface area contributed by atoms with E-state index in [1.807, 2.05) is 24.5 Å². The predicted molar refractivity (Wildman–Crippen MR) is 88.1 cm³/mol. The van der Waals surface area contributed by atoms with Crippen molar-refractivity contribution in [2.45, 2.75) is 25.1 Å². The van der Waals surface area contributed by atoms with Crippen molar-refractivity contribution in [3.63, 3.8) is 0 Å². The number of nitrogens with zero attached hydrogens (tertiary/aromatic N) is 1. The Morgan fingerprint density at radius 3 is 2.25 bits per heavy atom. The number of rotatable bonds is 4. The molecule has 136 valence electrons. The van der Waals surface area contributed by atoms with Gasteiger partial charge in [0.25, 0.3) is 0 Å². The highest BCUT2D eigenvalue weighted by atomic mass is 32.2. The van der Waals surface area contributed by atoms with E-state index in [1.54, 1.807) is 6.07 Å².